The van der Waals surface area contributed by atoms with E-state index < -0.39 is 0 Å². The molecule has 0 aliphatic heterocycles. The van der Waals surface area contributed by atoms with Crippen molar-refractivity contribution < 1.29 is 0 Å². The zero-order valence-electron chi connectivity index (χ0n) is 10.5. The molecule has 0 aliphatic carbocycles. The molecule has 0 heterocycles. The van der Waals surface area contributed by atoms with Crippen LogP contribution in [-0.4, -0.2) is 0 Å². The quantitative estimate of drug-likeness (QED) is 0.841. The Bertz CT molecular complexity index is 332. The summed E-state index contributed by atoms with van der Waals surface area (Å²) < 4.78 is 1.14. The first-order valence-corrected chi connectivity index (χ1v) is 6.89. The van der Waals surface area contributed by atoms with Crippen molar-refractivity contribution in [3.05, 3.63) is 33.8 Å². The topological polar surface area (TPSA) is 26.0 Å². The van der Waals surface area contributed by atoms with Gasteiger partial charge in [0.2, 0.25) is 0 Å². The van der Waals surface area contributed by atoms with Crippen molar-refractivity contribution in [2.24, 2.45) is 11.7 Å². The summed E-state index contributed by atoms with van der Waals surface area (Å²) in [6, 6.07) is 6.55. The normalized spacial score (nSPS) is 13.1. The molecule has 0 bridgehead atoms. The molecule has 0 aromatic heterocycles. The van der Waals surface area contributed by atoms with Gasteiger partial charge in [-0.2, -0.15) is 0 Å². The lowest BCUT2D eigenvalue weighted by molar-refractivity contribution is 0.414. The summed E-state index contributed by atoms with van der Waals surface area (Å²) in [5, 5.41) is 0. The van der Waals surface area contributed by atoms with Gasteiger partial charge in [0.05, 0.1) is 0 Å². The van der Waals surface area contributed by atoms with E-state index in [1.807, 2.05) is 0 Å². The Morgan fingerprint density at radius 1 is 1.25 bits per heavy atom. The van der Waals surface area contributed by atoms with E-state index in [1.54, 1.807) is 0 Å². The highest BCUT2D eigenvalue weighted by Gasteiger charge is 2.14. The highest BCUT2D eigenvalue weighted by Crippen LogP contribution is 2.29. The van der Waals surface area contributed by atoms with Crippen LogP contribution in [0.25, 0.3) is 0 Å². The third-order valence-electron chi connectivity index (χ3n) is 3.29. The number of benzene rings is 1. The molecule has 0 spiro atoms. The predicted molar refractivity (Wildman–Crippen MR) is 74.5 cm³/mol. The molecule has 0 amide bonds. The number of nitrogens with two attached hydrogens (primary N) is 1. The fraction of sp³-hybridized carbons (Fsp3) is 0.571. The van der Waals surface area contributed by atoms with Gasteiger partial charge in [0.15, 0.2) is 0 Å². The smallest absolute Gasteiger partial charge is 0.0308 e. The van der Waals surface area contributed by atoms with Crippen LogP contribution in [-0.2, 0) is 0 Å². The minimum atomic E-state index is 0.152. The number of halogens is 1. The SMILES string of the molecule is CCC(CC)CC(N)c1cc(C)ccc1Br. The van der Waals surface area contributed by atoms with Crippen LogP contribution in [0.4, 0.5) is 0 Å². The van der Waals surface area contributed by atoms with Gasteiger partial charge in [0.1, 0.15) is 0 Å². The summed E-state index contributed by atoms with van der Waals surface area (Å²) in [5.41, 5.74) is 8.81. The van der Waals surface area contributed by atoms with E-state index in [-0.39, 0.29) is 6.04 Å². The van der Waals surface area contributed by atoms with Gasteiger partial charge in [0.25, 0.3) is 0 Å². The van der Waals surface area contributed by atoms with Crippen molar-refractivity contribution in [1.82, 2.24) is 0 Å². The summed E-state index contributed by atoms with van der Waals surface area (Å²) in [5.74, 6) is 0.738. The second-order valence-electron chi connectivity index (χ2n) is 4.55. The van der Waals surface area contributed by atoms with E-state index >= 15 is 0 Å². The van der Waals surface area contributed by atoms with Crippen LogP contribution >= 0.6 is 15.9 Å². The molecule has 0 saturated heterocycles. The first-order chi connectivity index (χ1) is 7.58. The molecule has 1 aromatic rings. The van der Waals surface area contributed by atoms with Crippen molar-refractivity contribution in [1.29, 1.82) is 0 Å². The first-order valence-electron chi connectivity index (χ1n) is 6.10. The van der Waals surface area contributed by atoms with E-state index in [0.717, 1.165) is 16.8 Å². The summed E-state index contributed by atoms with van der Waals surface area (Å²) in [4.78, 5) is 0. The molecule has 0 fully saturated rings. The molecular formula is C14H22BrN. The number of hydrogen-bond donors (Lipinski definition) is 1. The van der Waals surface area contributed by atoms with Crippen molar-refractivity contribution >= 4 is 15.9 Å². The third-order valence-corrected chi connectivity index (χ3v) is 4.02. The Morgan fingerprint density at radius 3 is 2.44 bits per heavy atom. The highest BCUT2D eigenvalue weighted by molar-refractivity contribution is 9.10. The molecule has 90 valence electrons. The van der Waals surface area contributed by atoms with E-state index in [9.17, 15) is 0 Å². The molecule has 1 rings (SSSR count). The second-order valence-corrected chi connectivity index (χ2v) is 5.40. The van der Waals surface area contributed by atoms with Crippen molar-refractivity contribution in [3.8, 4) is 0 Å². The van der Waals surface area contributed by atoms with Crippen LogP contribution < -0.4 is 5.73 Å². The molecule has 16 heavy (non-hydrogen) atoms. The van der Waals surface area contributed by atoms with Gasteiger partial charge in [-0.1, -0.05) is 60.3 Å². The average molecular weight is 284 g/mol. The van der Waals surface area contributed by atoms with Gasteiger partial charge < -0.3 is 5.73 Å². The molecule has 2 N–H and O–H groups in total. The van der Waals surface area contributed by atoms with E-state index in [2.05, 4.69) is 54.9 Å². The maximum Gasteiger partial charge on any atom is 0.0308 e. The Kier molecular flexibility index (Phi) is 5.50. The van der Waals surface area contributed by atoms with Crippen LogP contribution in [0.15, 0.2) is 22.7 Å². The number of aryl methyl sites for hydroxylation is 1. The Hall–Kier alpha value is -0.340. The molecule has 2 heteroatoms. The van der Waals surface area contributed by atoms with E-state index in [4.69, 9.17) is 5.73 Å². The maximum absolute atomic E-state index is 6.29. The minimum absolute atomic E-state index is 0.152. The summed E-state index contributed by atoms with van der Waals surface area (Å²) in [6.07, 6.45) is 3.51. The van der Waals surface area contributed by atoms with Gasteiger partial charge in [-0.3, -0.25) is 0 Å². The van der Waals surface area contributed by atoms with Crippen LogP contribution in [0.5, 0.6) is 0 Å². The lowest BCUT2D eigenvalue weighted by Crippen LogP contribution is -2.15. The van der Waals surface area contributed by atoms with Crippen LogP contribution in [0.2, 0.25) is 0 Å². The molecule has 0 aliphatic rings. The fourth-order valence-corrected chi connectivity index (χ4v) is 2.60. The minimum Gasteiger partial charge on any atom is -0.324 e. The Morgan fingerprint density at radius 2 is 1.88 bits per heavy atom. The van der Waals surface area contributed by atoms with Gasteiger partial charge in [0, 0.05) is 10.5 Å². The number of hydrogen-bond acceptors (Lipinski definition) is 1. The maximum atomic E-state index is 6.29. The van der Waals surface area contributed by atoms with Crippen LogP contribution in [0.3, 0.4) is 0 Å². The Labute approximate surface area is 108 Å². The van der Waals surface area contributed by atoms with Crippen molar-refractivity contribution in [3.63, 3.8) is 0 Å². The van der Waals surface area contributed by atoms with Gasteiger partial charge in [-0.05, 0) is 30.9 Å². The molecule has 0 radical (unpaired) electrons. The third kappa shape index (κ3) is 3.60. The zero-order chi connectivity index (χ0) is 12.1. The molecule has 0 saturated carbocycles. The second kappa shape index (κ2) is 6.41. The summed E-state index contributed by atoms with van der Waals surface area (Å²) >= 11 is 3.58. The van der Waals surface area contributed by atoms with E-state index in [1.165, 1.54) is 24.0 Å². The summed E-state index contributed by atoms with van der Waals surface area (Å²) in [6.45, 7) is 6.60. The summed E-state index contributed by atoms with van der Waals surface area (Å²) in [7, 11) is 0. The van der Waals surface area contributed by atoms with E-state index in [0.29, 0.717) is 0 Å². The standard InChI is InChI=1S/C14H22BrN/c1-4-11(5-2)9-14(16)12-8-10(3)6-7-13(12)15/h6-8,11,14H,4-5,9,16H2,1-3H3. The monoisotopic (exact) mass is 283 g/mol. The zero-order valence-corrected chi connectivity index (χ0v) is 12.0. The molecule has 1 atom stereocenters. The predicted octanol–water partition coefficient (Wildman–Crippen LogP) is 4.58. The fourth-order valence-electron chi connectivity index (χ4n) is 2.06. The lowest BCUT2D eigenvalue weighted by atomic mass is 9.91. The number of rotatable bonds is 5. The van der Waals surface area contributed by atoms with Crippen LogP contribution in [0.1, 0.15) is 50.3 Å². The lowest BCUT2D eigenvalue weighted by Gasteiger charge is -2.20. The molecule has 1 nitrogen and oxygen atoms in total. The van der Waals surface area contributed by atoms with Gasteiger partial charge in [-0.15, -0.1) is 0 Å². The van der Waals surface area contributed by atoms with Crippen molar-refractivity contribution in [2.75, 3.05) is 0 Å². The first kappa shape index (κ1) is 13.7. The highest BCUT2D eigenvalue weighted by atomic mass is 79.9. The van der Waals surface area contributed by atoms with Gasteiger partial charge in [-0.25, -0.2) is 0 Å². The van der Waals surface area contributed by atoms with Crippen molar-refractivity contribution in [2.45, 2.75) is 46.1 Å². The molecule has 1 unspecified atom stereocenters. The molecular weight excluding hydrogens is 262 g/mol. The van der Waals surface area contributed by atoms with Gasteiger partial charge >= 0.3 is 0 Å². The largest absolute Gasteiger partial charge is 0.324 e. The molecule has 1 aromatic carbocycles. The average Bonchev–Trinajstić information content (AvgIpc) is 2.28. The van der Waals surface area contributed by atoms with Crippen LogP contribution in [0, 0.1) is 12.8 Å². The Balaban J connectivity index is 2.79.